The van der Waals surface area contributed by atoms with Crippen LogP contribution in [0.4, 0.5) is 0 Å². The minimum atomic E-state index is -0.0655. The summed E-state index contributed by atoms with van der Waals surface area (Å²) in [5, 5.41) is 6.20. The molecule has 1 atom stereocenters. The van der Waals surface area contributed by atoms with Crippen molar-refractivity contribution in [2.24, 2.45) is 0 Å². The summed E-state index contributed by atoms with van der Waals surface area (Å²) in [5.74, 6) is 0.0754. The molecule has 23 heavy (non-hydrogen) atoms. The first-order valence-electron chi connectivity index (χ1n) is 8.36. The van der Waals surface area contributed by atoms with Gasteiger partial charge in [-0.05, 0) is 50.9 Å². The van der Waals surface area contributed by atoms with E-state index < -0.39 is 0 Å². The van der Waals surface area contributed by atoms with E-state index in [4.69, 9.17) is 0 Å². The van der Waals surface area contributed by atoms with Gasteiger partial charge >= 0.3 is 0 Å². The maximum atomic E-state index is 12.2. The Labute approximate surface area is 138 Å². The maximum Gasteiger partial charge on any atom is 0.253 e. The number of rotatable bonds is 5. The fourth-order valence-electron chi connectivity index (χ4n) is 2.59. The quantitative estimate of drug-likeness (QED) is 0.872. The molecular weight excluding hydrogens is 290 g/mol. The molecule has 5 nitrogen and oxygen atoms in total. The number of hydrogen-bond acceptors (Lipinski definition) is 3. The smallest absolute Gasteiger partial charge is 0.253 e. The zero-order chi connectivity index (χ0) is 16.8. The molecule has 2 amide bonds. The number of amides is 2. The number of carbonyl (C=O) groups excluding carboxylic acids is 2. The van der Waals surface area contributed by atoms with Gasteiger partial charge < -0.3 is 15.5 Å². The second-order valence-electron chi connectivity index (χ2n) is 6.43. The molecule has 0 bridgehead atoms. The van der Waals surface area contributed by atoms with Crippen LogP contribution in [0.2, 0.25) is 0 Å². The van der Waals surface area contributed by atoms with E-state index >= 15 is 0 Å². The first-order valence-corrected chi connectivity index (χ1v) is 8.36. The average molecular weight is 317 g/mol. The van der Waals surface area contributed by atoms with Crippen molar-refractivity contribution in [2.75, 3.05) is 13.6 Å². The Hall–Kier alpha value is -1.88. The summed E-state index contributed by atoms with van der Waals surface area (Å²) >= 11 is 0. The Balaban J connectivity index is 1.87. The van der Waals surface area contributed by atoms with Crippen LogP contribution in [-0.4, -0.2) is 42.4 Å². The lowest BCUT2D eigenvalue weighted by molar-refractivity contribution is -0.123. The number of nitrogens with one attached hydrogen (secondary N) is 2. The Bertz CT molecular complexity index is 534. The second-order valence-corrected chi connectivity index (χ2v) is 6.43. The zero-order valence-electron chi connectivity index (χ0n) is 14.3. The number of nitrogens with zero attached hydrogens (tertiary/aromatic N) is 1. The average Bonchev–Trinajstić information content (AvgIpc) is 2.59. The van der Waals surface area contributed by atoms with E-state index in [1.165, 1.54) is 0 Å². The molecule has 5 heteroatoms. The lowest BCUT2D eigenvalue weighted by atomic mass is 10.0. The molecule has 1 aliphatic rings. The zero-order valence-corrected chi connectivity index (χ0v) is 14.3. The highest BCUT2D eigenvalue weighted by Crippen LogP contribution is 2.10. The van der Waals surface area contributed by atoms with Crippen molar-refractivity contribution in [3.8, 4) is 0 Å². The fourth-order valence-corrected chi connectivity index (χ4v) is 2.59. The standard InChI is InChI=1S/C18H27N3O2/c1-13(2)21(3)18(23)15-9-7-14(8-10-15)12-20-17(22)16-6-4-5-11-19-16/h7-10,13,16,19H,4-6,11-12H2,1-3H3,(H,20,22). The van der Waals surface area contributed by atoms with E-state index in [2.05, 4.69) is 10.6 Å². The van der Waals surface area contributed by atoms with Crippen LogP contribution < -0.4 is 10.6 Å². The largest absolute Gasteiger partial charge is 0.351 e. The van der Waals surface area contributed by atoms with Crippen LogP contribution in [0.3, 0.4) is 0 Å². The van der Waals surface area contributed by atoms with Crippen molar-refractivity contribution >= 4 is 11.8 Å². The van der Waals surface area contributed by atoms with Crippen molar-refractivity contribution in [2.45, 2.75) is 51.7 Å². The summed E-state index contributed by atoms with van der Waals surface area (Å²) < 4.78 is 0. The molecule has 1 aromatic carbocycles. The summed E-state index contributed by atoms with van der Waals surface area (Å²) in [7, 11) is 1.80. The molecule has 1 aromatic rings. The monoisotopic (exact) mass is 317 g/mol. The van der Waals surface area contributed by atoms with E-state index in [1.807, 2.05) is 38.1 Å². The summed E-state index contributed by atoms with van der Waals surface area (Å²) in [4.78, 5) is 26.0. The highest BCUT2D eigenvalue weighted by molar-refractivity contribution is 5.94. The van der Waals surface area contributed by atoms with Gasteiger partial charge in [0.15, 0.2) is 0 Å². The SMILES string of the molecule is CC(C)N(C)C(=O)c1ccc(CNC(=O)C2CCCCN2)cc1. The summed E-state index contributed by atoms with van der Waals surface area (Å²) in [6.07, 6.45) is 3.15. The van der Waals surface area contributed by atoms with Crippen LogP contribution >= 0.6 is 0 Å². The van der Waals surface area contributed by atoms with Gasteiger partial charge in [-0.3, -0.25) is 9.59 Å². The summed E-state index contributed by atoms with van der Waals surface area (Å²) in [6.45, 7) is 5.38. The highest BCUT2D eigenvalue weighted by Gasteiger charge is 2.20. The minimum Gasteiger partial charge on any atom is -0.351 e. The Morgan fingerprint density at radius 2 is 1.96 bits per heavy atom. The van der Waals surface area contributed by atoms with Crippen LogP contribution in [0.5, 0.6) is 0 Å². The van der Waals surface area contributed by atoms with Gasteiger partial charge in [0.2, 0.25) is 5.91 Å². The summed E-state index contributed by atoms with van der Waals surface area (Å²) in [6, 6.07) is 7.54. The third-order valence-corrected chi connectivity index (χ3v) is 4.39. The summed E-state index contributed by atoms with van der Waals surface area (Å²) in [5.41, 5.74) is 1.67. The number of benzene rings is 1. The minimum absolute atomic E-state index is 0.0157. The fraction of sp³-hybridized carbons (Fsp3) is 0.556. The normalized spacial score (nSPS) is 17.8. The third kappa shape index (κ3) is 4.79. The van der Waals surface area contributed by atoms with Crippen LogP contribution in [0.15, 0.2) is 24.3 Å². The number of piperidine rings is 1. The van der Waals surface area contributed by atoms with E-state index in [0.29, 0.717) is 12.1 Å². The third-order valence-electron chi connectivity index (χ3n) is 4.39. The molecule has 1 unspecified atom stereocenters. The predicted octanol–water partition coefficient (Wildman–Crippen LogP) is 1.93. The maximum absolute atomic E-state index is 12.2. The van der Waals surface area contributed by atoms with Gasteiger partial charge in [0.05, 0.1) is 6.04 Å². The molecule has 1 aliphatic heterocycles. The Morgan fingerprint density at radius 3 is 2.52 bits per heavy atom. The number of hydrogen-bond donors (Lipinski definition) is 2. The van der Waals surface area contributed by atoms with Crippen LogP contribution in [0.1, 0.15) is 49.0 Å². The molecule has 0 saturated carbocycles. The van der Waals surface area contributed by atoms with Gasteiger partial charge in [-0.1, -0.05) is 18.6 Å². The molecule has 0 aliphatic carbocycles. The van der Waals surface area contributed by atoms with E-state index in [9.17, 15) is 9.59 Å². The first kappa shape index (κ1) is 17.5. The molecule has 2 rings (SSSR count). The van der Waals surface area contributed by atoms with Crippen molar-refractivity contribution in [1.82, 2.24) is 15.5 Å². The number of carbonyl (C=O) groups is 2. The molecule has 1 fully saturated rings. The van der Waals surface area contributed by atoms with Gasteiger partial charge in [-0.15, -0.1) is 0 Å². The molecule has 0 spiro atoms. The van der Waals surface area contributed by atoms with Gasteiger partial charge in [0.25, 0.3) is 5.91 Å². The van der Waals surface area contributed by atoms with Crippen molar-refractivity contribution in [1.29, 1.82) is 0 Å². The molecule has 0 aromatic heterocycles. The lowest BCUT2D eigenvalue weighted by Crippen LogP contribution is -2.46. The van der Waals surface area contributed by atoms with Crippen LogP contribution in [0, 0.1) is 0 Å². The lowest BCUT2D eigenvalue weighted by Gasteiger charge is -2.22. The second kappa shape index (κ2) is 8.11. The predicted molar refractivity (Wildman–Crippen MR) is 91.2 cm³/mol. The topological polar surface area (TPSA) is 61.4 Å². The molecule has 0 radical (unpaired) electrons. The van der Waals surface area contributed by atoms with Crippen LogP contribution in [0.25, 0.3) is 0 Å². The van der Waals surface area contributed by atoms with E-state index in [-0.39, 0.29) is 23.9 Å². The molecule has 2 N–H and O–H groups in total. The highest BCUT2D eigenvalue weighted by atomic mass is 16.2. The van der Waals surface area contributed by atoms with Gasteiger partial charge in [0.1, 0.15) is 0 Å². The molecule has 1 heterocycles. The Kier molecular flexibility index (Phi) is 6.16. The molecule has 1 saturated heterocycles. The van der Waals surface area contributed by atoms with Gasteiger partial charge in [-0.2, -0.15) is 0 Å². The molecule has 126 valence electrons. The molecular formula is C18H27N3O2. The van der Waals surface area contributed by atoms with E-state index in [1.54, 1.807) is 11.9 Å². The van der Waals surface area contributed by atoms with Crippen LogP contribution in [-0.2, 0) is 11.3 Å². The van der Waals surface area contributed by atoms with Gasteiger partial charge in [-0.25, -0.2) is 0 Å². The first-order chi connectivity index (χ1) is 11.0. The van der Waals surface area contributed by atoms with Crippen molar-refractivity contribution in [3.63, 3.8) is 0 Å². The van der Waals surface area contributed by atoms with E-state index in [0.717, 1.165) is 31.4 Å². The Morgan fingerprint density at radius 1 is 1.26 bits per heavy atom. The van der Waals surface area contributed by atoms with Crippen molar-refractivity contribution in [3.05, 3.63) is 35.4 Å². The van der Waals surface area contributed by atoms with Gasteiger partial charge in [0, 0.05) is 25.2 Å². The van der Waals surface area contributed by atoms with Crippen molar-refractivity contribution < 1.29 is 9.59 Å².